The quantitative estimate of drug-likeness (QED) is 0.783. The zero-order chi connectivity index (χ0) is 18.7. The molecular formula is C20H26N3O3+. The number of carbonyl (C=O) groups is 2. The molecule has 0 saturated carbocycles. The van der Waals surface area contributed by atoms with E-state index in [9.17, 15) is 9.59 Å². The molecule has 1 amide bonds. The molecule has 1 aromatic heterocycles. The molecular weight excluding hydrogens is 330 g/mol. The van der Waals surface area contributed by atoms with E-state index in [0.717, 1.165) is 41.5 Å². The molecule has 2 atom stereocenters. The first kappa shape index (κ1) is 18.3. The molecule has 1 aliphatic heterocycles. The van der Waals surface area contributed by atoms with Crippen LogP contribution in [0.15, 0.2) is 24.3 Å². The summed E-state index contributed by atoms with van der Waals surface area (Å²) in [6.45, 7) is 6.28. The van der Waals surface area contributed by atoms with Crippen LogP contribution >= 0.6 is 0 Å². The van der Waals surface area contributed by atoms with Gasteiger partial charge in [0.1, 0.15) is 12.2 Å². The molecule has 1 unspecified atom stereocenters. The number of para-hydroxylation sites is 1. The van der Waals surface area contributed by atoms with Crippen molar-refractivity contribution in [3.05, 3.63) is 41.1 Å². The molecule has 2 heterocycles. The summed E-state index contributed by atoms with van der Waals surface area (Å²) in [6.07, 6.45) is 1.79. The van der Waals surface area contributed by atoms with Crippen LogP contribution in [0.25, 0.3) is 10.9 Å². The Morgan fingerprint density at radius 2 is 2.12 bits per heavy atom. The van der Waals surface area contributed by atoms with Crippen LogP contribution in [0.1, 0.15) is 41.4 Å². The Kier molecular flexibility index (Phi) is 5.52. The Hall–Kier alpha value is -2.47. The minimum atomic E-state index is -0.332. The third-order valence-electron chi connectivity index (χ3n) is 5.14. The minimum absolute atomic E-state index is 0.105. The van der Waals surface area contributed by atoms with Gasteiger partial charge < -0.3 is 15.4 Å². The van der Waals surface area contributed by atoms with Gasteiger partial charge in [0.15, 0.2) is 0 Å². The van der Waals surface area contributed by atoms with Crippen LogP contribution in [0.5, 0.6) is 0 Å². The molecule has 138 valence electrons. The summed E-state index contributed by atoms with van der Waals surface area (Å²) < 4.78 is 5.28. The second-order valence-electron chi connectivity index (χ2n) is 6.92. The van der Waals surface area contributed by atoms with Gasteiger partial charge in [0.25, 0.3) is 0 Å². The molecule has 3 N–H and O–H groups in total. The molecule has 26 heavy (non-hydrogen) atoms. The number of aryl methyl sites for hydroxylation is 1. The Morgan fingerprint density at radius 1 is 1.35 bits per heavy atom. The number of carbonyl (C=O) groups excluding carboxylic acids is 2. The number of benzene rings is 1. The topological polar surface area (TPSA) is 86.7 Å². The highest BCUT2D eigenvalue weighted by Gasteiger charge is 2.29. The Bertz CT molecular complexity index is 834. The summed E-state index contributed by atoms with van der Waals surface area (Å²) in [5.41, 5.74) is 8.55. The highest BCUT2D eigenvalue weighted by atomic mass is 16.5. The summed E-state index contributed by atoms with van der Waals surface area (Å²) in [5.74, 6) is -0.678. The van der Waals surface area contributed by atoms with E-state index in [1.165, 1.54) is 4.90 Å². The van der Waals surface area contributed by atoms with Gasteiger partial charge in [-0.3, -0.25) is 4.79 Å². The van der Waals surface area contributed by atoms with E-state index in [2.05, 4.69) is 0 Å². The standard InChI is InChI=1S/C20H25N3O3/c1-3-26-20(25)18-13(2)15-8-4-5-9-16(15)22-17(18)12-23-10-6-7-14(11-23)19(21)24/h4-5,8-9,14H,3,6-7,10-12H2,1-2H3,(H2,21,24)/p+1/t14-/m0/s1. The highest BCUT2D eigenvalue weighted by Crippen LogP contribution is 2.23. The highest BCUT2D eigenvalue weighted by molar-refractivity contribution is 5.98. The van der Waals surface area contributed by atoms with Crippen LogP contribution in [0.4, 0.5) is 0 Å². The number of ether oxygens (including phenoxy) is 1. The number of quaternary nitrogens is 1. The maximum absolute atomic E-state index is 12.6. The van der Waals surface area contributed by atoms with E-state index in [1.807, 2.05) is 31.2 Å². The predicted molar refractivity (Wildman–Crippen MR) is 98.8 cm³/mol. The number of piperidine rings is 1. The number of nitrogens with one attached hydrogen (secondary N) is 1. The molecule has 2 aromatic rings. The van der Waals surface area contributed by atoms with Crippen LogP contribution < -0.4 is 10.6 Å². The smallest absolute Gasteiger partial charge is 0.340 e. The van der Waals surface area contributed by atoms with E-state index in [0.29, 0.717) is 25.3 Å². The summed E-state index contributed by atoms with van der Waals surface area (Å²) >= 11 is 0. The van der Waals surface area contributed by atoms with Crippen LogP contribution in [-0.4, -0.2) is 36.6 Å². The molecule has 1 aliphatic rings. The van der Waals surface area contributed by atoms with Crippen molar-refractivity contribution in [1.29, 1.82) is 0 Å². The van der Waals surface area contributed by atoms with Crippen molar-refractivity contribution in [3.63, 3.8) is 0 Å². The number of nitrogens with zero attached hydrogens (tertiary/aromatic N) is 1. The first-order chi connectivity index (χ1) is 12.5. The fraction of sp³-hybridized carbons (Fsp3) is 0.450. The lowest BCUT2D eigenvalue weighted by Crippen LogP contribution is -3.12. The average Bonchev–Trinajstić information content (AvgIpc) is 2.62. The van der Waals surface area contributed by atoms with Crippen molar-refractivity contribution in [2.24, 2.45) is 11.7 Å². The number of primary amides is 1. The number of fused-ring (bicyclic) bond motifs is 1. The zero-order valence-corrected chi connectivity index (χ0v) is 15.4. The average molecular weight is 356 g/mol. The lowest BCUT2D eigenvalue weighted by Gasteiger charge is -2.28. The molecule has 0 radical (unpaired) electrons. The first-order valence-corrected chi connectivity index (χ1v) is 9.19. The number of esters is 1. The SMILES string of the molecule is CCOC(=O)c1c(C[NH+]2CCC[C@H](C(N)=O)C2)nc2ccccc2c1C. The van der Waals surface area contributed by atoms with E-state index < -0.39 is 0 Å². The fourth-order valence-corrected chi connectivity index (χ4v) is 3.83. The normalized spacial score (nSPS) is 20.1. The minimum Gasteiger partial charge on any atom is -0.462 e. The molecule has 3 rings (SSSR count). The van der Waals surface area contributed by atoms with Crippen molar-refractivity contribution < 1.29 is 19.2 Å². The number of amides is 1. The summed E-state index contributed by atoms with van der Waals surface area (Å²) in [6, 6.07) is 7.82. The third-order valence-corrected chi connectivity index (χ3v) is 5.14. The number of rotatable bonds is 5. The monoisotopic (exact) mass is 356 g/mol. The number of likely N-dealkylation sites (tertiary alicyclic amines) is 1. The Morgan fingerprint density at radius 3 is 2.85 bits per heavy atom. The van der Waals surface area contributed by atoms with E-state index in [1.54, 1.807) is 6.92 Å². The summed E-state index contributed by atoms with van der Waals surface area (Å²) in [5, 5.41) is 0.961. The van der Waals surface area contributed by atoms with Crippen molar-refractivity contribution in [2.75, 3.05) is 19.7 Å². The van der Waals surface area contributed by atoms with Crippen molar-refractivity contribution in [1.82, 2.24) is 4.98 Å². The molecule has 0 bridgehead atoms. The molecule has 1 saturated heterocycles. The van der Waals surface area contributed by atoms with Gasteiger partial charge in [0.05, 0.1) is 36.7 Å². The van der Waals surface area contributed by atoms with Crippen LogP contribution in [0, 0.1) is 12.8 Å². The molecule has 0 spiro atoms. The van der Waals surface area contributed by atoms with Gasteiger partial charge in [0, 0.05) is 5.39 Å². The molecule has 1 aromatic carbocycles. The van der Waals surface area contributed by atoms with Gasteiger partial charge in [-0.05, 0) is 38.3 Å². The third kappa shape index (κ3) is 3.70. The van der Waals surface area contributed by atoms with Gasteiger partial charge in [0.2, 0.25) is 5.91 Å². The summed E-state index contributed by atoms with van der Waals surface area (Å²) in [7, 11) is 0. The number of pyridine rings is 1. The Balaban J connectivity index is 1.99. The predicted octanol–water partition coefficient (Wildman–Crippen LogP) is 1.00. The zero-order valence-electron chi connectivity index (χ0n) is 15.4. The number of aromatic nitrogens is 1. The molecule has 6 heteroatoms. The van der Waals surface area contributed by atoms with Crippen LogP contribution in [0.2, 0.25) is 0 Å². The number of hydrogen-bond acceptors (Lipinski definition) is 4. The molecule has 6 nitrogen and oxygen atoms in total. The second kappa shape index (κ2) is 7.83. The van der Waals surface area contributed by atoms with E-state index >= 15 is 0 Å². The van der Waals surface area contributed by atoms with Gasteiger partial charge >= 0.3 is 5.97 Å². The van der Waals surface area contributed by atoms with Crippen LogP contribution in [-0.2, 0) is 16.1 Å². The summed E-state index contributed by atoms with van der Waals surface area (Å²) in [4.78, 5) is 30.2. The van der Waals surface area contributed by atoms with Crippen molar-refractivity contribution >= 4 is 22.8 Å². The first-order valence-electron chi connectivity index (χ1n) is 9.19. The number of nitrogens with two attached hydrogens (primary N) is 1. The maximum Gasteiger partial charge on any atom is 0.340 e. The van der Waals surface area contributed by atoms with Crippen molar-refractivity contribution in [2.45, 2.75) is 33.2 Å². The van der Waals surface area contributed by atoms with Crippen LogP contribution in [0.3, 0.4) is 0 Å². The largest absolute Gasteiger partial charge is 0.462 e. The van der Waals surface area contributed by atoms with E-state index in [4.69, 9.17) is 15.5 Å². The van der Waals surface area contributed by atoms with E-state index in [-0.39, 0.29) is 17.8 Å². The van der Waals surface area contributed by atoms with Gasteiger partial charge in [-0.1, -0.05) is 18.2 Å². The molecule has 0 aliphatic carbocycles. The Labute approximate surface area is 153 Å². The molecule has 1 fully saturated rings. The lowest BCUT2D eigenvalue weighted by atomic mass is 9.96. The van der Waals surface area contributed by atoms with Gasteiger partial charge in [-0.25, -0.2) is 9.78 Å². The lowest BCUT2D eigenvalue weighted by molar-refractivity contribution is -0.921. The maximum atomic E-state index is 12.6. The van der Waals surface area contributed by atoms with Gasteiger partial charge in [-0.15, -0.1) is 0 Å². The fourth-order valence-electron chi connectivity index (χ4n) is 3.83. The second-order valence-corrected chi connectivity index (χ2v) is 6.92. The van der Waals surface area contributed by atoms with Gasteiger partial charge in [-0.2, -0.15) is 0 Å². The number of hydrogen-bond donors (Lipinski definition) is 2. The van der Waals surface area contributed by atoms with Crippen molar-refractivity contribution in [3.8, 4) is 0 Å².